The molecule has 1 rings (SSSR count). The highest BCUT2D eigenvalue weighted by atomic mass is 16.4. The summed E-state index contributed by atoms with van der Waals surface area (Å²) in [5.41, 5.74) is 0.306. The molecule has 0 aromatic heterocycles. The van der Waals surface area contributed by atoms with Crippen molar-refractivity contribution in [1.29, 1.82) is 0 Å². The van der Waals surface area contributed by atoms with Gasteiger partial charge in [0.05, 0.1) is 5.56 Å². The number of nitrogens with zero attached hydrogens (tertiary/aromatic N) is 1. The summed E-state index contributed by atoms with van der Waals surface area (Å²) in [6.45, 7) is 1.20. The van der Waals surface area contributed by atoms with Crippen LogP contribution in [-0.4, -0.2) is 51.2 Å². The van der Waals surface area contributed by atoms with Gasteiger partial charge in [-0.1, -0.05) is 50.7 Å². The topological polar surface area (TPSA) is 115 Å². The van der Waals surface area contributed by atoms with Crippen molar-refractivity contribution in [3.05, 3.63) is 29.8 Å². The molecule has 1 aromatic rings. The lowest BCUT2D eigenvalue weighted by Gasteiger charge is -2.23. The number of hydrogen-bond acceptors (Lipinski definition) is 4. The summed E-state index contributed by atoms with van der Waals surface area (Å²) in [6.07, 6.45) is 8.91. The quantitative estimate of drug-likeness (QED) is 0.314. The van der Waals surface area contributed by atoms with Crippen molar-refractivity contribution >= 4 is 17.8 Å². The van der Waals surface area contributed by atoms with E-state index >= 15 is 0 Å². The van der Waals surface area contributed by atoms with Gasteiger partial charge in [-0.25, -0.2) is 0 Å². The predicted octanol–water partition coefficient (Wildman–Crippen LogP) is 4.68. The van der Waals surface area contributed by atoms with Gasteiger partial charge in [0, 0.05) is 25.9 Å². The first-order valence-corrected chi connectivity index (χ1v) is 10.9. The second-order valence-corrected chi connectivity index (χ2v) is 7.63. The highest BCUT2D eigenvalue weighted by Crippen LogP contribution is 2.19. The number of carbonyl (C=O) groups excluding carboxylic acids is 1. The van der Waals surface area contributed by atoms with E-state index in [0.29, 0.717) is 31.5 Å². The molecule has 168 valence electrons. The van der Waals surface area contributed by atoms with E-state index in [-0.39, 0.29) is 24.5 Å². The summed E-state index contributed by atoms with van der Waals surface area (Å²) >= 11 is 0. The summed E-state index contributed by atoms with van der Waals surface area (Å²) in [7, 11) is 0. The van der Waals surface area contributed by atoms with Gasteiger partial charge in [0.2, 0.25) is 0 Å². The van der Waals surface area contributed by atoms with E-state index in [9.17, 15) is 19.5 Å². The van der Waals surface area contributed by atoms with Crippen LogP contribution in [0.5, 0.6) is 5.75 Å². The zero-order chi connectivity index (χ0) is 22.2. The van der Waals surface area contributed by atoms with Crippen LogP contribution in [0.1, 0.15) is 87.4 Å². The van der Waals surface area contributed by atoms with Crippen molar-refractivity contribution in [3.63, 3.8) is 0 Å². The molecule has 0 saturated heterocycles. The molecular formula is C23H35NO6. The minimum absolute atomic E-state index is 0.0187. The molecule has 7 heteroatoms. The molecule has 0 heterocycles. The molecule has 0 fully saturated rings. The van der Waals surface area contributed by atoms with Gasteiger partial charge in [-0.05, 0) is 37.8 Å². The van der Waals surface area contributed by atoms with Crippen LogP contribution in [0.15, 0.2) is 24.3 Å². The van der Waals surface area contributed by atoms with E-state index in [1.165, 1.54) is 6.07 Å². The van der Waals surface area contributed by atoms with Gasteiger partial charge in [-0.15, -0.1) is 0 Å². The lowest BCUT2D eigenvalue weighted by Crippen LogP contribution is -2.33. The van der Waals surface area contributed by atoms with Gasteiger partial charge >= 0.3 is 11.9 Å². The Bertz CT molecular complexity index is 633. The van der Waals surface area contributed by atoms with Gasteiger partial charge in [0.1, 0.15) is 5.75 Å². The third-order valence-electron chi connectivity index (χ3n) is 5.06. The molecule has 0 radical (unpaired) electrons. The average Bonchev–Trinajstić information content (AvgIpc) is 2.70. The normalized spacial score (nSPS) is 10.7. The van der Waals surface area contributed by atoms with Gasteiger partial charge in [0.25, 0.3) is 5.91 Å². The fraction of sp³-hybridized carbons (Fsp3) is 0.609. The predicted molar refractivity (Wildman–Crippen MR) is 115 cm³/mol. The van der Waals surface area contributed by atoms with E-state index in [2.05, 4.69) is 0 Å². The minimum Gasteiger partial charge on any atom is -0.507 e. The molecule has 1 amide bonds. The number of unbranched alkanes of at least 4 members (excludes halogenated alkanes) is 8. The Morgan fingerprint density at radius 3 is 1.57 bits per heavy atom. The summed E-state index contributed by atoms with van der Waals surface area (Å²) in [6, 6.07) is 6.56. The van der Waals surface area contributed by atoms with Gasteiger partial charge in [0.15, 0.2) is 0 Å². The average molecular weight is 422 g/mol. The van der Waals surface area contributed by atoms with E-state index in [1.807, 2.05) is 0 Å². The van der Waals surface area contributed by atoms with Crippen molar-refractivity contribution in [2.75, 3.05) is 13.1 Å². The second kappa shape index (κ2) is 15.3. The molecule has 0 unspecified atom stereocenters. The first-order chi connectivity index (χ1) is 14.4. The fourth-order valence-corrected chi connectivity index (χ4v) is 3.36. The maximum absolute atomic E-state index is 12.9. The van der Waals surface area contributed by atoms with Crippen molar-refractivity contribution in [2.24, 2.45) is 0 Å². The zero-order valence-electron chi connectivity index (χ0n) is 17.7. The van der Waals surface area contributed by atoms with Crippen molar-refractivity contribution < 1.29 is 29.7 Å². The molecule has 0 spiro atoms. The Balaban J connectivity index is 2.43. The maximum atomic E-state index is 12.9. The number of carboxylic acid groups (broad SMARTS) is 2. The zero-order valence-corrected chi connectivity index (χ0v) is 17.7. The molecule has 0 saturated carbocycles. The lowest BCUT2D eigenvalue weighted by molar-refractivity contribution is -0.138. The lowest BCUT2D eigenvalue weighted by atomic mass is 10.1. The van der Waals surface area contributed by atoms with Gasteiger partial charge < -0.3 is 20.2 Å². The number of carboxylic acids is 2. The standard InChI is InChI=1S/C23H35NO6/c25-20-14-10-9-13-19(20)23(30)24(17-11-5-1-3-7-15-21(26)27)18-12-6-2-4-8-16-22(28)29/h9-10,13-14,25H,1-8,11-12,15-18H2,(H,26,27)(H,28,29). The molecule has 0 atom stereocenters. The summed E-state index contributed by atoms with van der Waals surface area (Å²) in [5, 5.41) is 27.3. The number of phenols is 1. The monoisotopic (exact) mass is 421 g/mol. The highest BCUT2D eigenvalue weighted by molar-refractivity contribution is 5.96. The third kappa shape index (κ3) is 11.4. The summed E-state index contributed by atoms with van der Waals surface area (Å²) in [5.74, 6) is -1.73. The first kappa shape index (κ1) is 25.5. The molecule has 0 bridgehead atoms. The van der Waals surface area contributed by atoms with Crippen molar-refractivity contribution in [3.8, 4) is 5.75 Å². The van der Waals surface area contributed by atoms with E-state index in [1.54, 1.807) is 23.1 Å². The second-order valence-electron chi connectivity index (χ2n) is 7.63. The Kier molecular flexibility index (Phi) is 13.0. The molecule has 1 aromatic carbocycles. The Morgan fingerprint density at radius 1 is 0.667 bits per heavy atom. The van der Waals surface area contributed by atoms with Crippen LogP contribution < -0.4 is 0 Å². The Morgan fingerprint density at radius 2 is 1.10 bits per heavy atom. The number of benzene rings is 1. The van der Waals surface area contributed by atoms with Crippen LogP contribution >= 0.6 is 0 Å². The fourth-order valence-electron chi connectivity index (χ4n) is 3.36. The van der Waals surface area contributed by atoms with Crippen LogP contribution in [-0.2, 0) is 9.59 Å². The van der Waals surface area contributed by atoms with Crippen molar-refractivity contribution in [1.82, 2.24) is 4.90 Å². The Labute approximate surface area is 178 Å². The van der Waals surface area contributed by atoms with Crippen LogP contribution in [0, 0.1) is 0 Å². The maximum Gasteiger partial charge on any atom is 0.303 e. The number of phenolic OH excluding ortho intramolecular Hbond substituents is 1. The number of hydrogen-bond donors (Lipinski definition) is 3. The van der Waals surface area contributed by atoms with Gasteiger partial charge in [-0.3, -0.25) is 14.4 Å². The summed E-state index contributed by atoms with van der Waals surface area (Å²) in [4.78, 5) is 35.7. The van der Waals surface area contributed by atoms with Crippen LogP contribution in [0.3, 0.4) is 0 Å². The molecule has 0 aliphatic heterocycles. The van der Waals surface area contributed by atoms with E-state index in [4.69, 9.17) is 10.2 Å². The molecule has 30 heavy (non-hydrogen) atoms. The SMILES string of the molecule is O=C(O)CCCCCCCN(CCCCCCCC(=O)O)C(=O)c1ccccc1O. The summed E-state index contributed by atoms with van der Waals surface area (Å²) < 4.78 is 0. The molecule has 7 nitrogen and oxygen atoms in total. The number of amides is 1. The van der Waals surface area contributed by atoms with E-state index < -0.39 is 11.9 Å². The third-order valence-corrected chi connectivity index (χ3v) is 5.06. The molecule has 0 aliphatic carbocycles. The molecular weight excluding hydrogens is 386 g/mol. The Hall–Kier alpha value is -2.57. The van der Waals surface area contributed by atoms with Crippen LogP contribution in [0.25, 0.3) is 0 Å². The largest absolute Gasteiger partial charge is 0.507 e. The van der Waals surface area contributed by atoms with E-state index in [0.717, 1.165) is 51.4 Å². The van der Waals surface area contributed by atoms with Crippen molar-refractivity contribution in [2.45, 2.75) is 77.0 Å². The number of para-hydroxylation sites is 1. The number of rotatable bonds is 17. The smallest absolute Gasteiger partial charge is 0.303 e. The number of carbonyl (C=O) groups is 3. The van der Waals surface area contributed by atoms with Crippen LogP contribution in [0.2, 0.25) is 0 Å². The number of aromatic hydroxyl groups is 1. The molecule has 0 aliphatic rings. The molecule has 3 N–H and O–H groups in total. The first-order valence-electron chi connectivity index (χ1n) is 10.9. The highest BCUT2D eigenvalue weighted by Gasteiger charge is 2.18. The van der Waals surface area contributed by atoms with Gasteiger partial charge in [-0.2, -0.15) is 0 Å². The number of aliphatic carboxylic acids is 2. The van der Waals surface area contributed by atoms with Crippen LogP contribution in [0.4, 0.5) is 0 Å². The minimum atomic E-state index is -0.766.